The summed E-state index contributed by atoms with van der Waals surface area (Å²) in [6, 6.07) is 7.65. The second-order valence-corrected chi connectivity index (χ2v) is 2.88. The van der Waals surface area contributed by atoms with Gasteiger partial charge in [0.25, 0.3) is 0 Å². The largest absolute Gasteiger partial charge is 0.468 e. The van der Waals surface area contributed by atoms with Crippen LogP contribution in [0.2, 0.25) is 0 Å². The molecular formula is C13H12O2. The van der Waals surface area contributed by atoms with E-state index in [2.05, 4.69) is 23.2 Å². The Morgan fingerprint density at radius 1 is 1.60 bits per heavy atom. The summed E-state index contributed by atoms with van der Waals surface area (Å²) in [5.41, 5.74) is 1.89. The number of carbonyl (C=O) groups excluding carboxylic acids is 1. The predicted molar refractivity (Wildman–Crippen MR) is 60.0 cm³/mol. The third-order valence-electron chi connectivity index (χ3n) is 1.82. The van der Waals surface area contributed by atoms with Crippen molar-refractivity contribution in [2.45, 2.75) is 6.42 Å². The minimum Gasteiger partial charge on any atom is -0.468 e. The molecule has 1 aromatic rings. The number of rotatable bonds is 2. The van der Waals surface area contributed by atoms with E-state index in [-0.39, 0.29) is 12.4 Å². The Bertz CT molecular complexity index is 422. The van der Waals surface area contributed by atoms with E-state index in [1.807, 2.05) is 24.3 Å². The Hall–Kier alpha value is -2.01. The molecule has 0 saturated heterocycles. The van der Waals surface area contributed by atoms with Gasteiger partial charge in [0.05, 0.1) is 7.11 Å². The molecule has 76 valence electrons. The standard InChI is InChI=1S/C13H12O2/c1-3-11-6-4-7-12(10-11)8-5-9-13(14)15-2/h3-4,6-7,10H,1,9H2,2H3. The minimum atomic E-state index is -0.317. The maximum Gasteiger partial charge on any atom is 0.317 e. The molecule has 0 aromatic heterocycles. The van der Waals surface area contributed by atoms with E-state index in [4.69, 9.17) is 0 Å². The van der Waals surface area contributed by atoms with Crippen LogP contribution in [0.3, 0.4) is 0 Å². The lowest BCUT2D eigenvalue weighted by Gasteiger charge is -1.93. The molecule has 0 unspecified atom stereocenters. The summed E-state index contributed by atoms with van der Waals surface area (Å²) in [7, 11) is 1.35. The molecular weight excluding hydrogens is 188 g/mol. The molecule has 0 amide bonds. The molecule has 0 aliphatic heterocycles. The Morgan fingerprint density at radius 2 is 2.40 bits per heavy atom. The van der Waals surface area contributed by atoms with Gasteiger partial charge >= 0.3 is 5.97 Å². The number of ether oxygens (including phenoxy) is 1. The van der Waals surface area contributed by atoms with Crippen molar-refractivity contribution in [2.24, 2.45) is 0 Å². The third kappa shape index (κ3) is 3.70. The highest BCUT2D eigenvalue weighted by Gasteiger charge is 1.93. The van der Waals surface area contributed by atoms with Gasteiger partial charge in [-0.25, -0.2) is 0 Å². The van der Waals surface area contributed by atoms with Gasteiger partial charge in [0.2, 0.25) is 0 Å². The lowest BCUT2D eigenvalue weighted by atomic mass is 10.1. The van der Waals surface area contributed by atoms with Gasteiger partial charge in [0, 0.05) is 5.56 Å². The van der Waals surface area contributed by atoms with Crippen molar-refractivity contribution in [1.82, 2.24) is 0 Å². The number of carbonyl (C=O) groups is 1. The first-order valence-corrected chi connectivity index (χ1v) is 4.54. The van der Waals surface area contributed by atoms with Crippen LogP contribution >= 0.6 is 0 Å². The molecule has 0 radical (unpaired) electrons. The van der Waals surface area contributed by atoms with E-state index in [0.29, 0.717) is 0 Å². The number of hydrogen-bond acceptors (Lipinski definition) is 2. The van der Waals surface area contributed by atoms with Crippen LogP contribution in [0.1, 0.15) is 17.5 Å². The number of hydrogen-bond donors (Lipinski definition) is 0. The van der Waals surface area contributed by atoms with Gasteiger partial charge in [-0.15, -0.1) is 0 Å². The molecule has 15 heavy (non-hydrogen) atoms. The first-order valence-electron chi connectivity index (χ1n) is 4.54. The molecule has 0 bridgehead atoms. The van der Waals surface area contributed by atoms with Gasteiger partial charge in [-0.2, -0.15) is 0 Å². The zero-order valence-corrected chi connectivity index (χ0v) is 8.62. The summed E-state index contributed by atoms with van der Waals surface area (Å²) in [5.74, 6) is 5.31. The topological polar surface area (TPSA) is 26.3 Å². The zero-order chi connectivity index (χ0) is 11.1. The summed E-state index contributed by atoms with van der Waals surface area (Å²) in [4.78, 5) is 10.8. The van der Waals surface area contributed by atoms with Crippen molar-refractivity contribution < 1.29 is 9.53 Å². The van der Waals surface area contributed by atoms with Crippen LogP contribution in [0.4, 0.5) is 0 Å². The highest BCUT2D eigenvalue weighted by atomic mass is 16.5. The van der Waals surface area contributed by atoms with Crippen LogP contribution < -0.4 is 0 Å². The van der Waals surface area contributed by atoms with Crippen molar-refractivity contribution in [2.75, 3.05) is 7.11 Å². The molecule has 1 aromatic carbocycles. The summed E-state index contributed by atoms with van der Waals surface area (Å²) >= 11 is 0. The summed E-state index contributed by atoms with van der Waals surface area (Å²) in [6.07, 6.45) is 1.88. The third-order valence-corrected chi connectivity index (χ3v) is 1.82. The number of esters is 1. The van der Waals surface area contributed by atoms with Crippen molar-refractivity contribution in [3.8, 4) is 11.8 Å². The van der Waals surface area contributed by atoms with Gasteiger partial charge in [-0.05, 0) is 17.7 Å². The summed E-state index contributed by atoms with van der Waals surface area (Å²) < 4.78 is 4.48. The van der Waals surface area contributed by atoms with Gasteiger partial charge in [0.1, 0.15) is 6.42 Å². The second kappa shape index (κ2) is 5.66. The fourth-order valence-corrected chi connectivity index (χ4v) is 1.03. The monoisotopic (exact) mass is 200 g/mol. The molecule has 0 saturated carbocycles. The van der Waals surface area contributed by atoms with Crippen molar-refractivity contribution >= 4 is 12.0 Å². The molecule has 0 N–H and O–H groups in total. The molecule has 2 nitrogen and oxygen atoms in total. The normalized spacial score (nSPS) is 8.60. The molecule has 0 aliphatic rings. The van der Waals surface area contributed by atoms with Crippen LogP contribution in [-0.2, 0) is 9.53 Å². The van der Waals surface area contributed by atoms with E-state index in [0.717, 1.165) is 11.1 Å². The first-order chi connectivity index (χ1) is 7.26. The maximum atomic E-state index is 10.8. The van der Waals surface area contributed by atoms with E-state index in [9.17, 15) is 4.79 Å². The molecule has 1 rings (SSSR count). The lowest BCUT2D eigenvalue weighted by molar-refractivity contribution is -0.139. The number of benzene rings is 1. The Labute approximate surface area is 89.6 Å². The molecule has 2 heteroatoms. The van der Waals surface area contributed by atoms with Crippen molar-refractivity contribution in [1.29, 1.82) is 0 Å². The first kappa shape index (κ1) is 11.1. The van der Waals surface area contributed by atoms with E-state index >= 15 is 0 Å². The van der Waals surface area contributed by atoms with Gasteiger partial charge in [-0.1, -0.05) is 36.6 Å². The summed E-state index contributed by atoms with van der Waals surface area (Å²) in [5, 5.41) is 0. The molecule has 0 heterocycles. The molecule has 0 spiro atoms. The van der Waals surface area contributed by atoms with Crippen molar-refractivity contribution in [3.05, 3.63) is 42.0 Å². The van der Waals surface area contributed by atoms with E-state index in [1.165, 1.54) is 7.11 Å². The quantitative estimate of drug-likeness (QED) is 0.540. The van der Waals surface area contributed by atoms with E-state index < -0.39 is 0 Å². The maximum absolute atomic E-state index is 10.8. The fourth-order valence-electron chi connectivity index (χ4n) is 1.03. The Balaban J connectivity index is 2.71. The summed E-state index contributed by atoms with van der Waals surface area (Å²) in [6.45, 7) is 3.67. The average Bonchev–Trinajstić information content (AvgIpc) is 2.29. The Kier molecular flexibility index (Phi) is 4.18. The van der Waals surface area contributed by atoms with E-state index in [1.54, 1.807) is 6.08 Å². The van der Waals surface area contributed by atoms with Crippen LogP contribution in [-0.4, -0.2) is 13.1 Å². The van der Waals surface area contributed by atoms with Crippen molar-refractivity contribution in [3.63, 3.8) is 0 Å². The van der Waals surface area contributed by atoms with Gasteiger partial charge in [0.15, 0.2) is 0 Å². The minimum absolute atomic E-state index is 0.120. The van der Waals surface area contributed by atoms with Gasteiger partial charge < -0.3 is 4.74 Å². The van der Waals surface area contributed by atoms with Crippen LogP contribution in [0.25, 0.3) is 6.08 Å². The second-order valence-electron chi connectivity index (χ2n) is 2.88. The SMILES string of the molecule is C=Cc1cccc(C#CCC(=O)OC)c1. The predicted octanol–water partition coefficient (Wildman–Crippen LogP) is 2.24. The van der Waals surface area contributed by atoms with Crippen LogP contribution in [0, 0.1) is 11.8 Å². The molecule has 0 atom stereocenters. The van der Waals surface area contributed by atoms with Gasteiger partial charge in [-0.3, -0.25) is 4.79 Å². The molecule has 0 fully saturated rings. The Morgan fingerprint density at radius 3 is 3.07 bits per heavy atom. The average molecular weight is 200 g/mol. The zero-order valence-electron chi connectivity index (χ0n) is 8.62. The van der Waals surface area contributed by atoms with Crippen LogP contribution in [0.15, 0.2) is 30.8 Å². The fraction of sp³-hybridized carbons (Fsp3) is 0.154. The lowest BCUT2D eigenvalue weighted by Crippen LogP contribution is -1.96. The smallest absolute Gasteiger partial charge is 0.317 e. The highest BCUT2D eigenvalue weighted by Crippen LogP contribution is 2.04. The molecule has 0 aliphatic carbocycles. The van der Waals surface area contributed by atoms with Crippen LogP contribution in [0.5, 0.6) is 0 Å². The number of methoxy groups -OCH3 is 1. The highest BCUT2D eigenvalue weighted by molar-refractivity contribution is 5.72.